The summed E-state index contributed by atoms with van der Waals surface area (Å²) in [6.07, 6.45) is 0.822. The molecule has 134 valence electrons. The van der Waals surface area contributed by atoms with Gasteiger partial charge in [-0.05, 0) is 43.9 Å². The second-order valence-corrected chi connectivity index (χ2v) is 6.27. The normalized spacial score (nSPS) is 20.7. The van der Waals surface area contributed by atoms with Crippen molar-refractivity contribution in [3.05, 3.63) is 58.9 Å². The lowest BCUT2D eigenvalue weighted by Crippen LogP contribution is -2.28. The van der Waals surface area contributed by atoms with Crippen LogP contribution in [0.15, 0.2) is 30.3 Å². The number of aryl methyl sites for hydroxylation is 1. The van der Waals surface area contributed by atoms with Crippen LogP contribution >= 0.6 is 0 Å². The summed E-state index contributed by atoms with van der Waals surface area (Å²) < 4.78 is 54.0. The highest BCUT2D eigenvalue weighted by molar-refractivity contribution is 5.65. The first kappa shape index (κ1) is 18.0. The first-order valence-corrected chi connectivity index (χ1v) is 8.48. The fraction of sp³-hybridized carbons (Fsp3) is 0.400. The van der Waals surface area contributed by atoms with Crippen LogP contribution in [-0.2, 0) is 9.47 Å². The molecular formula is C20H21F3O2. The third-order valence-electron chi connectivity index (χ3n) is 4.58. The molecule has 2 atom stereocenters. The zero-order chi connectivity index (χ0) is 18.0. The Labute approximate surface area is 145 Å². The van der Waals surface area contributed by atoms with Crippen LogP contribution in [0.25, 0.3) is 11.1 Å². The van der Waals surface area contributed by atoms with E-state index in [9.17, 15) is 13.2 Å². The minimum Gasteiger partial charge on any atom is -0.376 e. The van der Waals surface area contributed by atoms with Crippen molar-refractivity contribution in [3.63, 3.8) is 0 Å². The second-order valence-electron chi connectivity index (χ2n) is 6.27. The highest BCUT2D eigenvalue weighted by atomic mass is 19.2. The maximum atomic E-state index is 14.6. The molecule has 1 saturated heterocycles. The summed E-state index contributed by atoms with van der Waals surface area (Å²) in [7, 11) is 0. The maximum absolute atomic E-state index is 14.6. The second kappa shape index (κ2) is 7.58. The number of halogens is 3. The quantitative estimate of drug-likeness (QED) is 0.741. The molecule has 2 aromatic rings. The maximum Gasteiger partial charge on any atom is 0.167 e. The van der Waals surface area contributed by atoms with E-state index in [1.54, 1.807) is 19.1 Å². The highest BCUT2D eigenvalue weighted by Gasteiger charge is 2.27. The van der Waals surface area contributed by atoms with Crippen LogP contribution in [0.1, 0.15) is 37.0 Å². The molecule has 0 aliphatic carbocycles. The predicted molar refractivity (Wildman–Crippen MR) is 89.8 cm³/mol. The molecule has 0 radical (unpaired) electrons. The molecule has 1 aliphatic rings. The van der Waals surface area contributed by atoms with Gasteiger partial charge in [0, 0.05) is 17.7 Å². The predicted octanol–water partition coefficient (Wildman–Crippen LogP) is 5.34. The summed E-state index contributed by atoms with van der Waals surface area (Å²) in [4.78, 5) is 0. The van der Waals surface area contributed by atoms with Crippen LogP contribution < -0.4 is 0 Å². The smallest absolute Gasteiger partial charge is 0.167 e. The minimum atomic E-state index is -0.976. The average Bonchev–Trinajstić information content (AvgIpc) is 2.61. The summed E-state index contributed by atoms with van der Waals surface area (Å²) in [5.74, 6) is -2.35. The first-order chi connectivity index (χ1) is 12.0. The molecule has 2 unspecified atom stereocenters. The van der Waals surface area contributed by atoms with E-state index in [0.29, 0.717) is 30.8 Å². The van der Waals surface area contributed by atoms with Crippen LogP contribution in [0.4, 0.5) is 13.2 Å². The molecule has 0 N–H and O–H groups in total. The van der Waals surface area contributed by atoms with Gasteiger partial charge in [-0.2, -0.15) is 0 Å². The van der Waals surface area contributed by atoms with E-state index in [0.717, 1.165) is 6.42 Å². The first-order valence-electron chi connectivity index (χ1n) is 8.48. The van der Waals surface area contributed by atoms with Crippen molar-refractivity contribution in [1.29, 1.82) is 0 Å². The monoisotopic (exact) mass is 350 g/mol. The van der Waals surface area contributed by atoms with E-state index in [1.807, 2.05) is 6.92 Å². The molecule has 25 heavy (non-hydrogen) atoms. The van der Waals surface area contributed by atoms with Crippen LogP contribution in [0, 0.1) is 24.4 Å². The van der Waals surface area contributed by atoms with E-state index < -0.39 is 23.6 Å². The Kier molecular flexibility index (Phi) is 5.45. The van der Waals surface area contributed by atoms with Gasteiger partial charge < -0.3 is 9.47 Å². The van der Waals surface area contributed by atoms with Crippen molar-refractivity contribution < 1.29 is 22.6 Å². The SMILES string of the molecule is CCOC1CCC(c2ccc(-c3ccc(C)c(F)c3)c(F)c2F)OC1. The van der Waals surface area contributed by atoms with Crippen molar-refractivity contribution in [3.8, 4) is 11.1 Å². The topological polar surface area (TPSA) is 18.5 Å². The fourth-order valence-corrected chi connectivity index (χ4v) is 3.14. The van der Waals surface area contributed by atoms with Gasteiger partial charge in [-0.3, -0.25) is 0 Å². The lowest BCUT2D eigenvalue weighted by molar-refractivity contribution is -0.0850. The van der Waals surface area contributed by atoms with Crippen LogP contribution in [-0.4, -0.2) is 19.3 Å². The van der Waals surface area contributed by atoms with Crippen molar-refractivity contribution in [2.24, 2.45) is 0 Å². The van der Waals surface area contributed by atoms with Gasteiger partial charge in [0.05, 0.1) is 18.8 Å². The third-order valence-corrected chi connectivity index (χ3v) is 4.58. The highest BCUT2D eigenvalue weighted by Crippen LogP contribution is 2.35. The van der Waals surface area contributed by atoms with Crippen molar-refractivity contribution in [1.82, 2.24) is 0 Å². The Morgan fingerprint density at radius 1 is 1.08 bits per heavy atom. The molecule has 0 spiro atoms. The van der Waals surface area contributed by atoms with Crippen LogP contribution in [0.5, 0.6) is 0 Å². The van der Waals surface area contributed by atoms with E-state index in [4.69, 9.17) is 9.47 Å². The van der Waals surface area contributed by atoms with Gasteiger partial charge in [0.15, 0.2) is 11.6 Å². The number of benzene rings is 2. The van der Waals surface area contributed by atoms with Crippen molar-refractivity contribution >= 4 is 0 Å². The molecule has 0 amide bonds. The Balaban J connectivity index is 1.85. The summed E-state index contributed by atoms with van der Waals surface area (Å²) in [6.45, 7) is 4.50. The van der Waals surface area contributed by atoms with Gasteiger partial charge in [-0.15, -0.1) is 0 Å². The van der Waals surface area contributed by atoms with Gasteiger partial charge >= 0.3 is 0 Å². The zero-order valence-corrected chi connectivity index (χ0v) is 14.3. The molecular weight excluding hydrogens is 329 g/mol. The average molecular weight is 350 g/mol. The van der Waals surface area contributed by atoms with Crippen LogP contribution in [0.3, 0.4) is 0 Å². The van der Waals surface area contributed by atoms with E-state index in [-0.39, 0.29) is 17.2 Å². The largest absolute Gasteiger partial charge is 0.376 e. The zero-order valence-electron chi connectivity index (χ0n) is 14.3. The minimum absolute atomic E-state index is 0.00367. The van der Waals surface area contributed by atoms with E-state index in [1.165, 1.54) is 18.2 Å². The number of rotatable bonds is 4. The Bertz CT molecular complexity index is 753. The molecule has 1 fully saturated rings. The Morgan fingerprint density at radius 2 is 1.88 bits per heavy atom. The fourth-order valence-electron chi connectivity index (χ4n) is 3.14. The molecule has 0 saturated carbocycles. The van der Waals surface area contributed by atoms with Gasteiger partial charge in [-0.1, -0.05) is 24.3 Å². The molecule has 0 aromatic heterocycles. The molecule has 2 nitrogen and oxygen atoms in total. The lowest BCUT2D eigenvalue weighted by Gasteiger charge is -2.29. The third kappa shape index (κ3) is 3.72. The number of ether oxygens (including phenoxy) is 2. The number of hydrogen-bond acceptors (Lipinski definition) is 2. The van der Waals surface area contributed by atoms with Crippen LogP contribution in [0.2, 0.25) is 0 Å². The molecule has 1 heterocycles. The number of hydrogen-bond donors (Lipinski definition) is 0. The van der Waals surface area contributed by atoms with Gasteiger partial charge in [0.1, 0.15) is 5.82 Å². The summed E-state index contributed by atoms with van der Waals surface area (Å²) in [5.41, 5.74) is 1.01. The van der Waals surface area contributed by atoms with Gasteiger partial charge in [0.25, 0.3) is 0 Å². The lowest BCUT2D eigenvalue weighted by atomic mass is 9.96. The van der Waals surface area contributed by atoms with Gasteiger partial charge in [-0.25, -0.2) is 13.2 Å². The molecule has 0 bridgehead atoms. The summed E-state index contributed by atoms with van der Waals surface area (Å²) in [6, 6.07) is 7.36. The molecule has 2 aromatic carbocycles. The Hall–Kier alpha value is -1.85. The molecule has 3 rings (SSSR count). The molecule has 5 heteroatoms. The Morgan fingerprint density at radius 3 is 2.52 bits per heavy atom. The van der Waals surface area contributed by atoms with Gasteiger partial charge in [0.2, 0.25) is 0 Å². The summed E-state index contributed by atoms with van der Waals surface area (Å²) >= 11 is 0. The standard InChI is InChI=1S/C20H21F3O2/c1-3-24-14-6-9-18(25-11-14)16-8-7-15(19(22)20(16)23)13-5-4-12(2)17(21)10-13/h4-5,7-8,10,14,18H,3,6,9,11H2,1-2H3. The van der Waals surface area contributed by atoms with Crippen molar-refractivity contribution in [2.45, 2.75) is 38.9 Å². The van der Waals surface area contributed by atoms with E-state index >= 15 is 0 Å². The van der Waals surface area contributed by atoms with Crippen molar-refractivity contribution in [2.75, 3.05) is 13.2 Å². The summed E-state index contributed by atoms with van der Waals surface area (Å²) in [5, 5.41) is 0. The molecule has 1 aliphatic heterocycles. The van der Waals surface area contributed by atoms with E-state index in [2.05, 4.69) is 0 Å².